The predicted molar refractivity (Wildman–Crippen MR) is 83.1 cm³/mol. The topological polar surface area (TPSA) is 17.1 Å². The van der Waals surface area contributed by atoms with Crippen LogP contribution in [0.15, 0.2) is 60.7 Å². The third-order valence-electron chi connectivity index (χ3n) is 3.91. The molecule has 0 aromatic heterocycles. The van der Waals surface area contributed by atoms with Crippen molar-refractivity contribution in [2.45, 2.75) is 19.3 Å². The summed E-state index contributed by atoms with van der Waals surface area (Å²) in [4.78, 5) is 12.1. The summed E-state index contributed by atoms with van der Waals surface area (Å²) < 4.78 is 0. The van der Waals surface area contributed by atoms with Crippen molar-refractivity contribution in [3.05, 3.63) is 71.8 Å². The molecule has 0 heterocycles. The third-order valence-corrected chi connectivity index (χ3v) is 3.91. The van der Waals surface area contributed by atoms with Crippen LogP contribution in [0.25, 0.3) is 11.6 Å². The van der Waals surface area contributed by atoms with E-state index in [1.807, 2.05) is 36.4 Å². The minimum absolute atomic E-state index is 0.0672. The molecule has 1 atom stereocenters. The number of rotatable bonds is 3. The summed E-state index contributed by atoms with van der Waals surface area (Å²) in [6.45, 7) is 0. The molecule has 0 saturated heterocycles. The first-order valence-electron chi connectivity index (χ1n) is 7.19. The molecule has 3 rings (SSSR count). The molecule has 0 aliphatic heterocycles. The van der Waals surface area contributed by atoms with Gasteiger partial charge in [0.2, 0.25) is 0 Å². The fourth-order valence-electron chi connectivity index (χ4n) is 2.89. The molecule has 1 aliphatic rings. The largest absolute Gasteiger partial charge is 0.299 e. The van der Waals surface area contributed by atoms with E-state index in [1.165, 1.54) is 5.57 Å². The molecule has 1 nitrogen and oxygen atoms in total. The highest BCUT2D eigenvalue weighted by molar-refractivity contribution is 5.99. The van der Waals surface area contributed by atoms with Crippen LogP contribution in [0.4, 0.5) is 0 Å². The summed E-state index contributed by atoms with van der Waals surface area (Å²) in [5.41, 5.74) is 3.49. The Labute approximate surface area is 120 Å². The molecule has 2 aromatic carbocycles. The molecule has 20 heavy (non-hydrogen) atoms. The predicted octanol–water partition coefficient (Wildman–Crippen LogP) is 4.60. The van der Waals surface area contributed by atoms with E-state index in [1.54, 1.807) is 0 Å². The van der Waals surface area contributed by atoms with E-state index in [-0.39, 0.29) is 5.92 Å². The van der Waals surface area contributed by atoms with E-state index in [0.717, 1.165) is 30.4 Å². The molecular weight excluding hydrogens is 244 g/mol. The van der Waals surface area contributed by atoms with E-state index < -0.39 is 0 Å². The van der Waals surface area contributed by atoms with Crippen LogP contribution in [-0.4, -0.2) is 5.78 Å². The van der Waals surface area contributed by atoms with Gasteiger partial charge in [-0.3, -0.25) is 4.79 Å². The second-order valence-corrected chi connectivity index (χ2v) is 5.29. The molecule has 2 aromatic rings. The number of benzene rings is 2. The molecule has 0 spiro atoms. The minimum Gasteiger partial charge on any atom is -0.299 e. The van der Waals surface area contributed by atoms with Gasteiger partial charge in [0.15, 0.2) is 0 Å². The summed E-state index contributed by atoms with van der Waals surface area (Å²) in [7, 11) is 0. The third kappa shape index (κ3) is 2.72. The van der Waals surface area contributed by atoms with Crippen molar-refractivity contribution in [2.24, 2.45) is 5.92 Å². The fraction of sp³-hybridized carbons (Fsp3) is 0.211. The maximum Gasteiger partial charge on any atom is 0.140 e. The lowest BCUT2D eigenvalue weighted by Crippen LogP contribution is -2.08. The van der Waals surface area contributed by atoms with Crippen molar-refractivity contribution in [1.29, 1.82) is 0 Å². The van der Waals surface area contributed by atoms with Crippen molar-refractivity contribution < 1.29 is 4.79 Å². The smallest absolute Gasteiger partial charge is 0.140 e. The Hall–Kier alpha value is -2.15. The summed E-state index contributed by atoms with van der Waals surface area (Å²) >= 11 is 0. The Morgan fingerprint density at radius 3 is 2.20 bits per heavy atom. The number of hydrogen-bond acceptors (Lipinski definition) is 1. The van der Waals surface area contributed by atoms with Crippen LogP contribution in [-0.2, 0) is 4.79 Å². The van der Waals surface area contributed by atoms with Crippen LogP contribution in [0.3, 0.4) is 0 Å². The van der Waals surface area contributed by atoms with Crippen molar-refractivity contribution >= 4 is 17.4 Å². The molecule has 0 radical (unpaired) electrons. The molecule has 0 unspecified atom stereocenters. The molecule has 0 bridgehead atoms. The summed E-state index contributed by atoms with van der Waals surface area (Å²) in [5, 5.41) is 0. The molecular formula is C19H18O. The highest BCUT2D eigenvalue weighted by Gasteiger charge is 2.28. The summed E-state index contributed by atoms with van der Waals surface area (Å²) in [5.74, 6) is 0.452. The molecule has 100 valence electrons. The van der Waals surface area contributed by atoms with Crippen molar-refractivity contribution in [3.8, 4) is 0 Å². The zero-order valence-electron chi connectivity index (χ0n) is 11.5. The molecule has 1 fully saturated rings. The monoisotopic (exact) mass is 262 g/mol. The Bertz CT molecular complexity index is 611. The van der Waals surface area contributed by atoms with Crippen LogP contribution < -0.4 is 0 Å². The number of ketones is 1. The standard InChI is InChI=1S/C19H18O/c20-19-13-7-12-17(19)18(16-10-5-2-6-11-16)14-15-8-3-1-4-9-15/h1-6,8-11,14,17H,7,12-13H2/b18-14+/t17-/m1/s1. The van der Waals surface area contributed by atoms with E-state index in [0.29, 0.717) is 5.78 Å². The van der Waals surface area contributed by atoms with Crippen LogP contribution in [0.2, 0.25) is 0 Å². The van der Waals surface area contributed by atoms with Gasteiger partial charge in [0, 0.05) is 12.3 Å². The second kappa shape index (κ2) is 5.87. The van der Waals surface area contributed by atoms with Gasteiger partial charge in [-0.25, -0.2) is 0 Å². The lowest BCUT2D eigenvalue weighted by atomic mass is 9.89. The maximum atomic E-state index is 12.1. The van der Waals surface area contributed by atoms with Crippen molar-refractivity contribution in [1.82, 2.24) is 0 Å². The average Bonchev–Trinajstić information content (AvgIpc) is 2.93. The first kappa shape index (κ1) is 12.9. The number of carbonyl (C=O) groups is 1. The van der Waals surface area contributed by atoms with Gasteiger partial charge in [0.1, 0.15) is 5.78 Å². The van der Waals surface area contributed by atoms with Crippen molar-refractivity contribution in [2.75, 3.05) is 0 Å². The quantitative estimate of drug-likeness (QED) is 0.739. The van der Waals surface area contributed by atoms with E-state index >= 15 is 0 Å². The lowest BCUT2D eigenvalue weighted by molar-refractivity contribution is -0.119. The van der Waals surface area contributed by atoms with Crippen LogP contribution >= 0.6 is 0 Å². The number of carbonyl (C=O) groups excluding carboxylic acids is 1. The van der Waals surface area contributed by atoms with Gasteiger partial charge in [0.25, 0.3) is 0 Å². The average molecular weight is 262 g/mol. The Balaban J connectivity index is 2.04. The van der Waals surface area contributed by atoms with Gasteiger partial charge < -0.3 is 0 Å². The fourth-order valence-corrected chi connectivity index (χ4v) is 2.89. The molecule has 1 aliphatic carbocycles. The van der Waals surface area contributed by atoms with Gasteiger partial charge in [-0.05, 0) is 29.5 Å². The zero-order chi connectivity index (χ0) is 13.8. The number of Topliss-reactive ketones (excluding diaryl/α,β-unsaturated/α-hetero) is 1. The van der Waals surface area contributed by atoms with Crippen molar-refractivity contribution in [3.63, 3.8) is 0 Å². The van der Waals surface area contributed by atoms with E-state index in [2.05, 4.69) is 30.3 Å². The SMILES string of the molecule is O=C1CCC[C@@H]1/C(=C/c1ccccc1)c1ccccc1. The van der Waals surface area contributed by atoms with Gasteiger partial charge >= 0.3 is 0 Å². The maximum absolute atomic E-state index is 12.1. The second-order valence-electron chi connectivity index (χ2n) is 5.29. The van der Waals surface area contributed by atoms with Crippen LogP contribution in [0, 0.1) is 5.92 Å². The summed E-state index contributed by atoms with van der Waals surface area (Å²) in [6, 6.07) is 20.5. The molecule has 1 heteroatoms. The van der Waals surface area contributed by atoms with Gasteiger partial charge in [-0.2, -0.15) is 0 Å². The first-order valence-corrected chi connectivity index (χ1v) is 7.19. The van der Waals surface area contributed by atoms with E-state index in [4.69, 9.17) is 0 Å². The van der Waals surface area contributed by atoms with Gasteiger partial charge in [0.05, 0.1) is 0 Å². The highest BCUT2D eigenvalue weighted by atomic mass is 16.1. The zero-order valence-corrected chi connectivity index (χ0v) is 11.5. The molecule has 0 amide bonds. The molecule has 1 saturated carbocycles. The molecule has 0 N–H and O–H groups in total. The first-order chi connectivity index (χ1) is 9.84. The van der Waals surface area contributed by atoms with Crippen LogP contribution in [0.1, 0.15) is 30.4 Å². The van der Waals surface area contributed by atoms with E-state index in [9.17, 15) is 4.79 Å². The van der Waals surface area contributed by atoms with Gasteiger partial charge in [-0.1, -0.05) is 66.7 Å². The van der Waals surface area contributed by atoms with Gasteiger partial charge in [-0.15, -0.1) is 0 Å². The van der Waals surface area contributed by atoms with Crippen LogP contribution in [0.5, 0.6) is 0 Å². The Kier molecular flexibility index (Phi) is 3.78. The number of hydrogen-bond donors (Lipinski definition) is 0. The Morgan fingerprint density at radius 1 is 0.950 bits per heavy atom. The Morgan fingerprint density at radius 2 is 1.60 bits per heavy atom. The summed E-state index contributed by atoms with van der Waals surface area (Å²) in [6.07, 6.45) is 4.89. The number of allylic oxidation sites excluding steroid dienone is 1. The normalized spacial score (nSPS) is 19.3. The lowest BCUT2D eigenvalue weighted by Gasteiger charge is -2.14. The highest BCUT2D eigenvalue weighted by Crippen LogP contribution is 2.35. The minimum atomic E-state index is 0.0672.